The van der Waals surface area contributed by atoms with E-state index in [1.807, 2.05) is 53.1 Å². The maximum atomic E-state index is 12.7. The fraction of sp³-hybridized carbons (Fsp3) is 0.222. The van der Waals surface area contributed by atoms with E-state index in [0.717, 1.165) is 63.0 Å². The van der Waals surface area contributed by atoms with Gasteiger partial charge in [0.05, 0.1) is 24.9 Å². The first kappa shape index (κ1) is 21.6. The largest absolute Gasteiger partial charge is 0.494 e. The molecule has 1 aliphatic heterocycles. The minimum Gasteiger partial charge on any atom is -0.494 e. The van der Waals surface area contributed by atoms with Crippen molar-refractivity contribution in [3.8, 4) is 22.6 Å². The second kappa shape index (κ2) is 8.70. The van der Waals surface area contributed by atoms with Crippen molar-refractivity contribution in [3.63, 3.8) is 0 Å². The van der Waals surface area contributed by atoms with Crippen LogP contribution in [0, 0.1) is 0 Å². The maximum Gasteiger partial charge on any atom is 0.353 e. The van der Waals surface area contributed by atoms with Gasteiger partial charge in [0.25, 0.3) is 0 Å². The van der Waals surface area contributed by atoms with Crippen LogP contribution in [-0.4, -0.2) is 37.6 Å². The molecule has 6 rings (SSSR count). The zero-order valence-electron chi connectivity index (χ0n) is 19.2. The SMILES string of the molecule is CCCOc1ccc2c(c1)c(-c1ccc3c(c1)CCO3)c(C(=O)O)n2Cc1ccc2nsnc2c1. The summed E-state index contributed by atoms with van der Waals surface area (Å²) in [6.07, 6.45) is 1.71. The maximum absolute atomic E-state index is 12.7. The number of benzene rings is 3. The first-order chi connectivity index (χ1) is 17.1. The number of carboxylic acids is 1. The second-order valence-corrected chi connectivity index (χ2v) is 9.18. The molecule has 0 atom stereocenters. The van der Waals surface area contributed by atoms with Crippen LogP contribution >= 0.6 is 11.7 Å². The van der Waals surface area contributed by atoms with E-state index in [-0.39, 0.29) is 5.69 Å². The summed E-state index contributed by atoms with van der Waals surface area (Å²) in [4.78, 5) is 12.7. The van der Waals surface area contributed by atoms with Crippen LogP contribution in [0.1, 0.15) is 35.0 Å². The lowest BCUT2D eigenvalue weighted by atomic mass is 9.98. The average Bonchev–Trinajstić information content (AvgIpc) is 3.59. The predicted octanol–water partition coefficient (Wildman–Crippen LogP) is 5.78. The molecule has 0 bridgehead atoms. The van der Waals surface area contributed by atoms with E-state index in [4.69, 9.17) is 9.47 Å². The Labute approximate surface area is 205 Å². The second-order valence-electron chi connectivity index (χ2n) is 8.65. The lowest BCUT2D eigenvalue weighted by Crippen LogP contribution is -2.10. The minimum absolute atomic E-state index is 0.253. The standard InChI is InChI=1S/C27H23N3O4S/c1-2-10-33-19-5-7-23-20(14-19)25(18-4-8-24-17(13-18)9-11-34-24)26(27(31)32)30(23)15-16-3-6-21-22(12-16)29-35-28-21/h3-8,12-14H,2,9-11,15H2,1H3,(H,31,32). The van der Waals surface area contributed by atoms with Gasteiger partial charge in [0, 0.05) is 29.4 Å². The first-order valence-electron chi connectivity index (χ1n) is 11.6. The highest BCUT2D eigenvalue weighted by Gasteiger charge is 2.25. The third-order valence-electron chi connectivity index (χ3n) is 6.35. The molecule has 2 aromatic heterocycles. The van der Waals surface area contributed by atoms with E-state index in [9.17, 15) is 9.90 Å². The molecule has 0 aliphatic carbocycles. The quantitative estimate of drug-likeness (QED) is 0.314. The zero-order chi connectivity index (χ0) is 23.9. The van der Waals surface area contributed by atoms with Crippen LogP contribution in [0.15, 0.2) is 54.6 Å². The van der Waals surface area contributed by atoms with Gasteiger partial charge in [-0.25, -0.2) is 4.79 Å². The Balaban J connectivity index is 1.57. The van der Waals surface area contributed by atoms with Crippen molar-refractivity contribution in [3.05, 3.63) is 71.4 Å². The normalized spacial score (nSPS) is 12.7. The Morgan fingerprint density at radius 2 is 2.00 bits per heavy atom. The molecule has 0 amide bonds. The summed E-state index contributed by atoms with van der Waals surface area (Å²) in [5.41, 5.74) is 6.37. The Morgan fingerprint density at radius 3 is 2.86 bits per heavy atom. The Morgan fingerprint density at radius 1 is 1.11 bits per heavy atom. The van der Waals surface area contributed by atoms with Crippen molar-refractivity contribution in [1.29, 1.82) is 0 Å². The third kappa shape index (κ3) is 3.80. The van der Waals surface area contributed by atoms with Gasteiger partial charge in [-0.1, -0.05) is 19.1 Å². The van der Waals surface area contributed by atoms with E-state index < -0.39 is 5.97 Å². The molecule has 5 aromatic rings. The number of ether oxygens (including phenoxy) is 2. The summed E-state index contributed by atoms with van der Waals surface area (Å²) in [6.45, 7) is 3.71. The van der Waals surface area contributed by atoms with Crippen molar-refractivity contribution in [1.82, 2.24) is 13.3 Å². The number of carbonyl (C=O) groups is 1. The Kier molecular flexibility index (Phi) is 5.37. The van der Waals surface area contributed by atoms with Gasteiger partial charge in [0.2, 0.25) is 0 Å². The number of rotatable bonds is 7. The molecule has 35 heavy (non-hydrogen) atoms. The van der Waals surface area contributed by atoms with Crippen LogP contribution in [0.25, 0.3) is 33.1 Å². The van der Waals surface area contributed by atoms with Crippen molar-refractivity contribution in [2.24, 2.45) is 0 Å². The summed E-state index contributed by atoms with van der Waals surface area (Å²) in [7, 11) is 0. The van der Waals surface area contributed by atoms with E-state index in [1.54, 1.807) is 0 Å². The van der Waals surface area contributed by atoms with Gasteiger partial charge in [-0.05, 0) is 65.6 Å². The lowest BCUT2D eigenvalue weighted by Gasteiger charge is -2.10. The molecule has 1 N–H and O–H groups in total. The number of fused-ring (bicyclic) bond motifs is 3. The molecule has 1 aliphatic rings. The number of hydrogen-bond donors (Lipinski definition) is 1. The Hall–Kier alpha value is -3.91. The molecule has 0 unspecified atom stereocenters. The molecule has 0 saturated carbocycles. The van der Waals surface area contributed by atoms with Gasteiger partial charge in [-0.2, -0.15) is 8.75 Å². The van der Waals surface area contributed by atoms with Crippen molar-refractivity contribution in [2.75, 3.05) is 13.2 Å². The van der Waals surface area contributed by atoms with Crippen molar-refractivity contribution < 1.29 is 19.4 Å². The highest BCUT2D eigenvalue weighted by molar-refractivity contribution is 7.00. The molecule has 7 nitrogen and oxygen atoms in total. The summed E-state index contributed by atoms with van der Waals surface area (Å²) >= 11 is 1.17. The summed E-state index contributed by atoms with van der Waals surface area (Å²) in [6, 6.07) is 17.6. The predicted molar refractivity (Wildman–Crippen MR) is 136 cm³/mol. The van der Waals surface area contributed by atoms with Crippen LogP contribution in [0.2, 0.25) is 0 Å². The average molecular weight is 486 g/mol. The van der Waals surface area contributed by atoms with Gasteiger partial charge in [-0.3, -0.25) is 0 Å². The van der Waals surface area contributed by atoms with E-state index in [0.29, 0.717) is 25.3 Å². The zero-order valence-corrected chi connectivity index (χ0v) is 20.0. The van der Waals surface area contributed by atoms with Gasteiger partial charge in [0.1, 0.15) is 28.2 Å². The number of hydrogen-bond acceptors (Lipinski definition) is 6. The summed E-state index contributed by atoms with van der Waals surface area (Å²) in [5.74, 6) is 0.626. The van der Waals surface area contributed by atoms with E-state index >= 15 is 0 Å². The van der Waals surface area contributed by atoms with Crippen LogP contribution in [0.5, 0.6) is 11.5 Å². The van der Waals surface area contributed by atoms with Crippen LogP contribution in [0.3, 0.4) is 0 Å². The van der Waals surface area contributed by atoms with Gasteiger partial charge in [0.15, 0.2) is 0 Å². The van der Waals surface area contributed by atoms with Crippen LogP contribution < -0.4 is 9.47 Å². The topological polar surface area (TPSA) is 86.5 Å². The molecule has 8 heteroatoms. The molecular formula is C27H23N3O4S. The van der Waals surface area contributed by atoms with Gasteiger partial charge in [-0.15, -0.1) is 0 Å². The molecule has 0 fully saturated rings. The van der Waals surface area contributed by atoms with E-state index in [2.05, 4.69) is 21.7 Å². The smallest absolute Gasteiger partial charge is 0.353 e. The highest BCUT2D eigenvalue weighted by atomic mass is 32.1. The number of carboxylic acid groups (broad SMARTS) is 1. The van der Waals surface area contributed by atoms with E-state index in [1.165, 1.54) is 11.7 Å². The number of aromatic carboxylic acids is 1. The summed E-state index contributed by atoms with van der Waals surface area (Å²) in [5, 5.41) is 11.3. The van der Waals surface area contributed by atoms with Crippen LogP contribution in [0.4, 0.5) is 0 Å². The number of aromatic nitrogens is 3. The fourth-order valence-corrected chi connectivity index (χ4v) is 5.29. The molecule has 3 heterocycles. The molecule has 176 valence electrons. The van der Waals surface area contributed by atoms with Crippen LogP contribution in [-0.2, 0) is 13.0 Å². The van der Waals surface area contributed by atoms with Gasteiger partial charge < -0.3 is 19.1 Å². The lowest BCUT2D eigenvalue weighted by molar-refractivity contribution is 0.0687. The first-order valence-corrected chi connectivity index (χ1v) is 12.3. The van der Waals surface area contributed by atoms with Crippen molar-refractivity contribution in [2.45, 2.75) is 26.3 Å². The molecule has 0 radical (unpaired) electrons. The highest BCUT2D eigenvalue weighted by Crippen LogP contribution is 2.40. The summed E-state index contributed by atoms with van der Waals surface area (Å²) < 4.78 is 22.1. The molecule has 0 spiro atoms. The molecular weight excluding hydrogens is 462 g/mol. The number of nitrogens with zero attached hydrogens (tertiary/aromatic N) is 3. The van der Waals surface area contributed by atoms with Crippen molar-refractivity contribution >= 4 is 39.6 Å². The fourth-order valence-electron chi connectivity index (χ4n) is 4.77. The third-order valence-corrected chi connectivity index (χ3v) is 6.90. The molecule has 3 aromatic carbocycles. The molecule has 0 saturated heterocycles. The minimum atomic E-state index is -0.972. The Bertz CT molecular complexity index is 1590. The monoisotopic (exact) mass is 485 g/mol. The van der Waals surface area contributed by atoms with Gasteiger partial charge >= 0.3 is 5.97 Å².